The lowest BCUT2D eigenvalue weighted by Gasteiger charge is -2.39. The Balaban J connectivity index is 1.46. The molecule has 1 aromatic carbocycles. The molecule has 2 aliphatic rings. The Labute approximate surface area is 166 Å². The van der Waals surface area contributed by atoms with E-state index < -0.39 is 5.60 Å². The lowest BCUT2D eigenvalue weighted by atomic mass is 9.85. The van der Waals surface area contributed by atoms with Gasteiger partial charge in [-0.2, -0.15) is 0 Å². The first kappa shape index (κ1) is 18.9. The van der Waals surface area contributed by atoms with Crippen molar-refractivity contribution < 1.29 is 14.3 Å². The van der Waals surface area contributed by atoms with Crippen molar-refractivity contribution in [3.8, 4) is 0 Å². The van der Waals surface area contributed by atoms with Crippen LogP contribution in [-0.2, 0) is 16.0 Å². The SMILES string of the molecule is CC(C)(C)OC(=O)N1C2CCC1CC(C(=O)Cc1cccc3cccnc13)C2. The van der Waals surface area contributed by atoms with E-state index in [1.807, 2.05) is 56.0 Å². The molecule has 2 bridgehead atoms. The first-order valence-electron chi connectivity index (χ1n) is 10.2. The molecule has 0 saturated carbocycles. The molecule has 2 aromatic rings. The van der Waals surface area contributed by atoms with E-state index in [4.69, 9.17) is 4.74 Å². The first-order valence-corrected chi connectivity index (χ1v) is 10.2. The van der Waals surface area contributed by atoms with Gasteiger partial charge in [0, 0.05) is 36.0 Å². The van der Waals surface area contributed by atoms with Crippen molar-refractivity contribution in [3.63, 3.8) is 0 Å². The fourth-order valence-electron chi connectivity index (χ4n) is 4.69. The monoisotopic (exact) mass is 380 g/mol. The number of rotatable bonds is 3. The second kappa shape index (κ2) is 7.19. The Morgan fingerprint density at radius 2 is 1.79 bits per heavy atom. The van der Waals surface area contributed by atoms with Crippen LogP contribution in [0.4, 0.5) is 4.79 Å². The summed E-state index contributed by atoms with van der Waals surface area (Å²) in [5, 5.41) is 1.06. The standard InChI is InChI=1S/C23H28N2O3/c1-23(2,3)28-22(27)25-18-9-10-19(25)13-17(12-18)20(26)14-16-7-4-6-15-8-5-11-24-21(15)16/h4-8,11,17-19H,9-10,12-14H2,1-3H3. The third kappa shape index (κ3) is 3.75. The van der Waals surface area contributed by atoms with E-state index in [1.54, 1.807) is 6.20 Å². The minimum absolute atomic E-state index is 0.00940. The number of hydrogen-bond acceptors (Lipinski definition) is 4. The van der Waals surface area contributed by atoms with E-state index in [0.29, 0.717) is 6.42 Å². The van der Waals surface area contributed by atoms with Gasteiger partial charge in [-0.15, -0.1) is 0 Å². The van der Waals surface area contributed by atoms with Crippen LogP contribution in [-0.4, -0.2) is 39.4 Å². The molecule has 3 heterocycles. The van der Waals surface area contributed by atoms with Crippen LogP contribution in [0.15, 0.2) is 36.5 Å². The van der Waals surface area contributed by atoms with Crippen LogP contribution < -0.4 is 0 Å². The highest BCUT2D eigenvalue weighted by molar-refractivity contribution is 5.89. The fraction of sp³-hybridized carbons (Fsp3) is 0.522. The topological polar surface area (TPSA) is 59.5 Å². The van der Waals surface area contributed by atoms with Gasteiger partial charge in [0.1, 0.15) is 11.4 Å². The number of aromatic nitrogens is 1. The van der Waals surface area contributed by atoms with E-state index in [9.17, 15) is 9.59 Å². The molecule has 28 heavy (non-hydrogen) atoms. The van der Waals surface area contributed by atoms with Crippen LogP contribution in [0.1, 0.15) is 52.0 Å². The molecule has 2 unspecified atom stereocenters. The van der Waals surface area contributed by atoms with E-state index in [0.717, 1.165) is 42.1 Å². The van der Waals surface area contributed by atoms with Crippen molar-refractivity contribution >= 4 is 22.8 Å². The molecule has 0 N–H and O–H groups in total. The molecule has 5 heteroatoms. The van der Waals surface area contributed by atoms with Gasteiger partial charge in [0.2, 0.25) is 0 Å². The Bertz CT molecular complexity index is 883. The minimum atomic E-state index is -0.495. The highest BCUT2D eigenvalue weighted by Gasteiger charge is 2.46. The summed E-state index contributed by atoms with van der Waals surface area (Å²) in [4.78, 5) is 32.0. The number of piperidine rings is 1. The first-order chi connectivity index (χ1) is 13.3. The molecule has 1 amide bonds. The van der Waals surface area contributed by atoms with Gasteiger partial charge in [-0.25, -0.2) is 4.79 Å². The van der Waals surface area contributed by atoms with Gasteiger partial charge < -0.3 is 9.64 Å². The Hall–Kier alpha value is -2.43. The molecule has 0 radical (unpaired) electrons. The molecule has 148 valence electrons. The van der Waals surface area contributed by atoms with E-state index >= 15 is 0 Å². The lowest BCUT2D eigenvalue weighted by Crippen LogP contribution is -2.49. The summed E-state index contributed by atoms with van der Waals surface area (Å²) in [7, 11) is 0. The molecule has 2 saturated heterocycles. The molecular formula is C23H28N2O3. The van der Waals surface area contributed by atoms with Gasteiger partial charge in [0.15, 0.2) is 0 Å². The van der Waals surface area contributed by atoms with Gasteiger partial charge in [0.25, 0.3) is 0 Å². The van der Waals surface area contributed by atoms with Gasteiger partial charge in [-0.05, 0) is 58.1 Å². The summed E-state index contributed by atoms with van der Waals surface area (Å²) < 4.78 is 5.59. The van der Waals surface area contributed by atoms with Gasteiger partial charge in [0.05, 0.1) is 5.52 Å². The Kier molecular flexibility index (Phi) is 4.86. The maximum atomic E-state index is 13.1. The number of amides is 1. The summed E-state index contributed by atoms with van der Waals surface area (Å²) in [6.45, 7) is 5.67. The zero-order chi connectivity index (χ0) is 19.9. The van der Waals surface area contributed by atoms with E-state index in [-0.39, 0.29) is 29.9 Å². The summed E-state index contributed by atoms with van der Waals surface area (Å²) >= 11 is 0. The number of Topliss-reactive ketones (excluding diaryl/α,β-unsaturated/α-hetero) is 1. The van der Waals surface area contributed by atoms with Crippen LogP contribution in [0.3, 0.4) is 0 Å². The molecule has 2 fully saturated rings. The smallest absolute Gasteiger partial charge is 0.410 e. The third-order valence-electron chi connectivity index (χ3n) is 5.87. The second-order valence-electron chi connectivity index (χ2n) is 9.08. The summed E-state index contributed by atoms with van der Waals surface area (Å²) in [6.07, 6.45) is 5.36. The number of hydrogen-bond donors (Lipinski definition) is 0. The van der Waals surface area contributed by atoms with Gasteiger partial charge in [-0.1, -0.05) is 24.3 Å². The van der Waals surface area contributed by atoms with Gasteiger partial charge in [-0.3, -0.25) is 9.78 Å². The average molecular weight is 380 g/mol. The van der Waals surface area contributed by atoms with Crippen molar-refractivity contribution in [2.75, 3.05) is 0 Å². The second-order valence-corrected chi connectivity index (χ2v) is 9.08. The number of carbonyl (C=O) groups excluding carboxylic acids is 2. The lowest BCUT2D eigenvalue weighted by molar-refractivity contribution is -0.124. The fourth-order valence-corrected chi connectivity index (χ4v) is 4.69. The van der Waals surface area contributed by atoms with E-state index in [1.165, 1.54) is 0 Å². The minimum Gasteiger partial charge on any atom is -0.444 e. The number of para-hydroxylation sites is 1. The maximum absolute atomic E-state index is 13.1. The zero-order valence-corrected chi connectivity index (χ0v) is 16.9. The number of nitrogens with zero attached hydrogens (tertiary/aromatic N) is 2. The van der Waals surface area contributed by atoms with Crippen LogP contribution in [0.25, 0.3) is 10.9 Å². The van der Waals surface area contributed by atoms with Crippen molar-refractivity contribution in [2.24, 2.45) is 5.92 Å². The third-order valence-corrected chi connectivity index (χ3v) is 5.87. The summed E-state index contributed by atoms with van der Waals surface area (Å²) in [6, 6.07) is 10.2. The highest BCUT2D eigenvalue weighted by Crippen LogP contribution is 2.40. The maximum Gasteiger partial charge on any atom is 0.410 e. The van der Waals surface area contributed by atoms with Crippen molar-refractivity contribution in [2.45, 2.75) is 70.6 Å². The predicted molar refractivity (Wildman–Crippen MR) is 108 cm³/mol. The number of pyridine rings is 1. The molecule has 0 aliphatic carbocycles. The predicted octanol–water partition coefficient (Wildman–Crippen LogP) is 4.52. The van der Waals surface area contributed by atoms with Crippen LogP contribution in [0, 0.1) is 5.92 Å². The van der Waals surface area contributed by atoms with Crippen LogP contribution in [0.2, 0.25) is 0 Å². The number of ether oxygens (including phenoxy) is 1. The zero-order valence-electron chi connectivity index (χ0n) is 16.9. The summed E-state index contributed by atoms with van der Waals surface area (Å²) in [5.41, 5.74) is 1.41. The number of ketones is 1. The van der Waals surface area contributed by atoms with Crippen molar-refractivity contribution in [3.05, 3.63) is 42.1 Å². The van der Waals surface area contributed by atoms with Crippen molar-refractivity contribution in [1.82, 2.24) is 9.88 Å². The number of benzene rings is 1. The Morgan fingerprint density at radius 3 is 2.46 bits per heavy atom. The van der Waals surface area contributed by atoms with Crippen molar-refractivity contribution in [1.29, 1.82) is 0 Å². The number of fused-ring (bicyclic) bond motifs is 3. The average Bonchev–Trinajstić information content (AvgIpc) is 2.91. The number of carbonyl (C=O) groups is 2. The van der Waals surface area contributed by atoms with Gasteiger partial charge >= 0.3 is 6.09 Å². The largest absolute Gasteiger partial charge is 0.444 e. The quantitative estimate of drug-likeness (QED) is 0.785. The molecule has 0 spiro atoms. The molecule has 4 rings (SSSR count). The molecule has 2 aliphatic heterocycles. The van der Waals surface area contributed by atoms with Crippen LogP contribution in [0.5, 0.6) is 0 Å². The normalized spacial score (nSPS) is 24.4. The highest BCUT2D eigenvalue weighted by atomic mass is 16.6. The Morgan fingerprint density at radius 1 is 1.11 bits per heavy atom. The van der Waals surface area contributed by atoms with Crippen LogP contribution >= 0.6 is 0 Å². The molecule has 5 nitrogen and oxygen atoms in total. The molecular weight excluding hydrogens is 352 g/mol. The molecule has 2 atom stereocenters. The molecule has 1 aromatic heterocycles. The summed E-state index contributed by atoms with van der Waals surface area (Å²) in [5.74, 6) is 0.272. The van der Waals surface area contributed by atoms with E-state index in [2.05, 4.69) is 4.98 Å².